The van der Waals surface area contributed by atoms with E-state index in [0.717, 1.165) is 33.5 Å². The number of H-pyrrole nitrogens is 1. The molecule has 1 aliphatic heterocycles. The van der Waals surface area contributed by atoms with Crippen LogP contribution < -0.4 is 14.8 Å². The molecule has 1 fully saturated rings. The molecule has 7 nitrogen and oxygen atoms in total. The molecule has 0 spiro atoms. The highest BCUT2D eigenvalue weighted by molar-refractivity contribution is 7.99. The SMILES string of the molecule is COc1ccc(NC(=O)C2(N(CCc3c[nH]c4ccccc34)C(=O)Cc3ccccc3)CCSCC2)c(OC)c1. The van der Waals surface area contributed by atoms with E-state index in [4.69, 9.17) is 9.47 Å². The number of ether oxygens (including phenoxy) is 2. The van der Waals surface area contributed by atoms with E-state index in [2.05, 4.69) is 16.4 Å². The molecule has 208 valence electrons. The van der Waals surface area contributed by atoms with Gasteiger partial charge in [-0.2, -0.15) is 11.8 Å². The first-order chi connectivity index (χ1) is 19.5. The van der Waals surface area contributed by atoms with Crippen LogP contribution in [0, 0.1) is 0 Å². The lowest BCUT2D eigenvalue weighted by Gasteiger charge is -2.45. The Morgan fingerprint density at radius 2 is 1.73 bits per heavy atom. The summed E-state index contributed by atoms with van der Waals surface area (Å²) in [4.78, 5) is 33.6. The summed E-state index contributed by atoms with van der Waals surface area (Å²) >= 11 is 1.82. The van der Waals surface area contributed by atoms with Crippen molar-refractivity contribution in [2.45, 2.75) is 31.2 Å². The third kappa shape index (κ3) is 5.82. The zero-order chi connectivity index (χ0) is 28.0. The molecule has 0 bridgehead atoms. The van der Waals surface area contributed by atoms with E-state index in [1.807, 2.05) is 71.4 Å². The Hall–Kier alpha value is -3.91. The van der Waals surface area contributed by atoms with E-state index in [9.17, 15) is 9.59 Å². The zero-order valence-corrected chi connectivity index (χ0v) is 23.8. The molecule has 0 radical (unpaired) electrons. The second kappa shape index (κ2) is 12.5. The average Bonchev–Trinajstić information content (AvgIpc) is 3.41. The number of aromatic nitrogens is 1. The Balaban J connectivity index is 1.48. The quantitative estimate of drug-likeness (QED) is 0.261. The number of hydrogen-bond acceptors (Lipinski definition) is 5. The molecule has 40 heavy (non-hydrogen) atoms. The molecule has 0 unspecified atom stereocenters. The third-order valence-corrected chi connectivity index (χ3v) is 8.68. The fourth-order valence-corrected chi connectivity index (χ4v) is 6.65. The highest BCUT2D eigenvalue weighted by Gasteiger charge is 2.47. The Kier molecular flexibility index (Phi) is 8.65. The summed E-state index contributed by atoms with van der Waals surface area (Å²) in [6, 6.07) is 23.2. The van der Waals surface area contributed by atoms with Gasteiger partial charge in [0.25, 0.3) is 5.91 Å². The molecule has 1 aliphatic rings. The standard InChI is InChI=1S/C32H35N3O4S/c1-38-25-12-13-28(29(21-25)39-2)34-31(37)32(15-18-40-19-16-32)35(30(36)20-23-8-4-3-5-9-23)17-14-24-22-33-27-11-7-6-10-26(24)27/h3-13,21-22,33H,14-20H2,1-2H3,(H,34,37). The van der Waals surface area contributed by atoms with E-state index in [0.29, 0.717) is 43.0 Å². The van der Waals surface area contributed by atoms with Gasteiger partial charge in [0.15, 0.2) is 0 Å². The van der Waals surface area contributed by atoms with Gasteiger partial charge in [0.05, 0.1) is 26.3 Å². The Labute approximate surface area is 239 Å². The Morgan fingerprint density at radius 3 is 2.48 bits per heavy atom. The highest BCUT2D eigenvalue weighted by Crippen LogP contribution is 2.37. The number of hydrogen-bond donors (Lipinski definition) is 2. The topological polar surface area (TPSA) is 83.7 Å². The molecule has 1 aromatic heterocycles. The molecule has 2 heterocycles. The van der Waals surface area contributed by atoms with Crippen LogP contribution in [-0.2, 0) is 22.4 Å². The number of methoxy groups -OCH3 is 2. The van der Waals surface area contributed by atoms with Crippen LogP contribution in [0.1, 0.15) is 24.0 Å². The second-order valence-electron chi connectivity index (χ2n) is 9.98. The number of nitrogens with zero attached hydrogens (tertiary/aromatic N) is 1. The van der Waals surface area contributed by atoms with Crippen LogP contribution in [0.2, 0.25) is 0 Å². The number of amides is 2. The average molecular weight is 558 g/mol. The van der Waals surface area contributed by atoms with Crippen molar-refractivity contribution < 1.29 is 19.1 Å². The van der Waals surface area contributed by atoms with E-state index >= 15 is 0 Å². The number of carbonyl (C=O) groups is 2. The molecule has 2 amide bonds. The van der Waals surface area contributed by atoms with Crippen LogP contribution in [0.25, 0.3) is 10.9 Å². The van der Waals surface area contributed by atoms with Gasteiger partial charge in [0, 0.05) is 29.7 Å². The number of benzene rings is 3. The van der Waals surface area contributed by atoms with Crippen molar-refractivity contribution in [2.75, 3.05) is 37.6 Å². The number of rotatable bonds is 10. The summed E-state index contributed by atoms with van der Waals surface area (Å²) < 4.78 is 10.9. The van der Waals surface area contributed by atoms with Gasteiger partial charge in [-0.25, -0.2) is 0 Å². The summed E-state index contributed by atoms with van der Waals surface area (Å²) in [6.07, 6.45) is 4.05. The molecule has 4 aromatic rings. The third-order valence-electron chi connectivity index (χ3n) is 7.70. The molecule has 3 aromatic carbocycles. The lowest BCUT2D eigenvalue weighted by atomic mass is 9.87. The Morgan fingerprint density at radius 1 is 0.975 bits per heavy atom. The van der Waals surface area contributed by atoms with Gasteiger partial charge in [-0.15, -0.1) is 0 Å². The second-order valence-corrected chi connectivity index (χ2v) is 11.2. The maximum absolute atomic E-state index is 14.3. The van der Waals surface area contributed by atoms with Crippen LogP contribution in [-0.4, -0.2) is 59.5 Å². The maximum atomic E-state index is 14.3. The number of aromatic amines is 1. The summed E-state index contributed by atoms with van der Waals surface area (Å²) in [6.45, 7) is 0.436. The van der Waals surface area contributed by atoms with Crippen LogP contribution in [0.3, 0.4) is 0 Å². The summed E-state index contributed by atoms with van der Waals surface area (Å²) in [7, 11) is 3.15. The van der Waals surface area contributed by atoms with Crippen LogP contribution in [0.4, 0.5) is 5.69 Å². The van der Waals surface area contributed by atoms with Crippen LogP contribution >= 0.6 is 11.8 Å². The van der Waals surface area contributed by atoms with Crippen molar-refractivity contribution >= 4 is 40.2 Å². The number of nitrogens with one attached hydrogen (secondary N) is 2. The molecule has 0 atom stereocenters. The lowest BCUT2D eigenvalue weighted by molar-refractivity contribution is -0.145. The van der Waals surface area contributed by atoms with E-state index in [1.54, 1.807) is 32.4 Å². The monoisotopic (exact) mass is 557 g/mol. The van der Waals surface area contributed by atoms with Gasteiger partial charge in [-0.1, -0.05) is 48.5 Å². The summed E-state index contributed by atoms with van der Waals surface area (Å²) in [5.41, 5.74) is 2.70. The molecule has 5 rings (SSSR count). The van der Waals surface area contributed by atoms with Gasteiger partial charge in [0.2, 0.25) is 5.91 Å². The van der Waals surface area contributed by atoms with Crippen molar-refractivity contribution in [1.29, 1.82) is 0 Å². The van der Waals surface area contributed by atoms with E-state index in [-0.39, 0.29) is 18.2 Å². The minimum atomic E-state index is -0.978. The molecule has 0 saturated carbocycles. The minimum absolute atomic E-state index is 0.0465. The lowest BCUT2D eigenvalue weighted by Crippen LogP contribution is -2.61. The van der Waals surface area contributed by atoms with Crippen LogP contribution in [0.5, 0.6) is 11.5 Å². The number of anilines is 1. The van der Waals surface area contributed by atoms with Gasteiger partial charge in [-0.05, 0) is 60.1 Å². The maximum Gasteiger partial charge on any atom is 0.250 e. The van der Waals surface area contributed by atoms with Crippen molar-refractivity contribution in [3.05, 3.63) is 90.1 Å². The molecular formula is C32H35N3O4S. The summed E-state index contributed by atoms with van der Waals surface area (Å²) in [5.74, 6) is 2.52. The van der Waals surface area contributed by atoms with Gasteiger partial charge < -0.3 is 24.7 Å². The van der Waals surface area contributed by atoms with Gasteiger partial charge >= 0.3 is 0 Å². The van der Waals surface area contributed by atoms with Crippen molar-refractivity contribution in [1.82, 2.24) is 9.88 Å². The largest absolute Gasteiger partial charge is 0.497 e. The molecule has 2 N–H and O–H groups in total. The first-order valence-corrected chi connectivity index (χ1v) is 14.7. The van der Waals surface area contributed by atoms with Crippen LogP contribution in [0.15, 0.2) is 79.0 Å². The predicted molar refractivity (Wildman–Crippen MR) is 161 cm³/mol. The summed E-state index contributed by atoms with van der Waals surface area (Å²) in [5, 5.41) is 4.25. The number of carbonyl (C=O) groups excluding carboxylic acids is 2. The molecular weight excluding hydrogens is 522 g/mol. The fourth-order valence-electron chi connectivity index (χ4n) is 5.48. The van der Waals surface area contributed by atoms with Crippen molar-refractivity contribution in [2.24, 2.45) is 0 Å². The minimum Gasteiger partial charge on any atom is -0.497 e. The molecule has 1 saturated heterocycles. The normalized spacial score (nSPS) is 14.4. The van der Waals surface area contributed by atoms with Crippen molar-refractivity contribution in [3.63, 3.8) is 0 Å². The predicted octanol–water partition coefficient (Wildman–Crippen LogP) is 5.70. The van der Waals surface area contributed by atoms with E-state index in [1.165, 1.54) is 0 Å². The first kappa shape index (κ1) is 27.6. The molecule has 0 aliphatic carbocycles. The zero-order valence-electron chi connectivity index (χ0n) is 22.9. The number of fused-ring (bicyclic) bond motifs is 1. The smallest absolute Gasteiger partial charge is 0.250 e. The Bertz CT molecular complexity index is 1460. The highest BCUT2D eigenvalue weighted by atomic mass is 32.2. The van der Waals surface area contributed by atoms with E-state index < -0.39 is 5.54 Å². The van der Waals surface area contributed by atoms with Crippen molar-refractivity contribution in [3.8, 4) is 11.5 Å². The van der Waals surface area contributed by atoms with Gasteiger partial charge in [0.1, 0.15) is 17.0 Å². The molecule has 8 heteroatoms. The number of thioether (sulfide) groups is 1. The number of para-hydroxylation sites is 1. The van der Waals surface area contributed by atoms with Gasteiger partial charge in [-0.3, -0.25) is 9.59 Å². The first-order valence-electron chi connectivity index (χ1n) is 13.5. The fraction of sp³-hybridized carbons (Fsp3) is 0.312.